The first-order valence-electron chi connectivity index (χ1n) is 8.80. The molecule has 0 aliphatic carbocycles. The topological polar surface area (TPSA) is 97.0 Å². The van der Waals surface area contributed by atoms with Crippen LogP contribution in [-0.4, -0.2) is 63.1 Å². The van der Waals surface area contributed by atoms with Crippen molar-refractivity contribution in [3.05, 3.63) is 24.3 Å². The second-order valence-corrected chi connectivity index (χ2v) is 6.41. The summed E-state index contributed by atoms with van der Waals surface area (Å²) >= 11 is 0. The molecule has 0 heterocycles. The summed E-state index contributed by atoms with van der Waals surface area (Å²) in [6.07, 6.45) is 0.721. The molecule has 8 heteroatoms. The molecule has 1 rings (SSSR count). The van der Waals surface area contributed by atoms with Gasteiger partial charge in [-0.05, 0) is 25.1 Å². The number of nitrogens with one attached hydrogen (secondary N) is 2. The van der Waals surface area contributed by atoms with Crippen molar-refractivity contribution in [3.8, 4) is 5.75 Å². The van der Waals surface area contributed by atoms with Crippen LogP contribution >= 0.6 is 0 Å². The maximum Gasteiger partial charge on any atom is 0.328 e. The number of methoxy groups -OCH3 is 2. The fourth-order valence-electron chi connectivity index (χ4n) is 2.46. The third-order valence-electron chi connectivity index (χ3n) is 4.17. The Morgan fingerprint density at radius 1 is 1.15 bits per heavy atom. The molecule has 0 aliphatic rings. The van der Waals surface area contributed by atoms with Gasteiger partial charge in [0.15, 0.2) is 0 Å². The SMILES string of the molecule is CC[C@@H](C)[C@H](NC(=O)CN(C)CC(=O)Nc1cccc(OC)c1)C(=O)OC. The Bertz CT molecular complexity index is 650. The predicted molar refractivity (Wildman–Crippen MR) is 103 cm³/mol. The van der Waals surface area contributed by atoms with Crippen LogP contribution in [0.4, 0.5) is 5.69 Å². The summed E-state index contributed by atoms with van der Waals surface area (Å²) < 4.78 is 9.86. The van der Waals surface area contributed by atoms with Crippen LogP contribution < -0.4 is 15.4 Å². The molecular formula is C19H29N3O5. The van der Waals surface area contributed by atoms with Gasteiger partial charge in [-0.25, -0.2) is 4.79 Å². The van der Waals surface area contributed by atoms with E-state index >= 15 is 0 Å². The third-order valence-corrected chi connectivity index (χ3v) is 4.17. The minimum absolute atomic E-state index is 0.0184. The molecule has 0 unspecified atom stereocenters. The van der Waals surface area contributed by atoms with E-state index in [1.54, 1.807) is 43.3 Å². The average molecular weight is 379 g/mol. The fourth-order valence-corrected chi connectivity index (χ4v) is 2.46. The number of likely N-dealkylation sites (N-methyl/N-ethyl adjacent to an activating group) is 1. The van der Waals surface area contributed by atoms with E-state index in [1.165, 1.54) is 7.11 Å². The first kappa shape index (κ1) is 22.4. The van der Waals surface area contributed by atoms with Gasteiger partial charge in [-0.2, -0.15) is 0 Å². The van der Waals surface area contributed by atoms with E-state index in [0.717, 1.165) is 6.42 Å². The Morgan fingerprint density at radius 2 is 1.81 bits per heavy atom. The Kier molecular flexibility index (Phi) is 9.29. The summed E-state index contributed by atoms with van der Waals surface area (Å²) in [4.78, 5) is 37.8. The van der Waals surface area contributed by atoms with Gasteiger partial charge in [-0.15, -0.1) is 0 Å². The quantitative estimate of drug-likeness (QED) is 0.594. The van der Waals surface area contributed by atoms with Crippen molar-refractivity contribution in [2.45, 2.75) is 26.3 Å². The molecule has 150 valence electrons. The van der Waals surface area contributed by atoms with Gasteiger partial charge < -0.3 is 20.1 Å². The van der Waals surface area contributed by atoms with E-state index in [9.17, 15) is 14.4 Å². The maximum absolute atomic E-state index is 12.2. The number of hydrogen-bond donors (Lipinski definition) is 2. The third kappa shape index (κ3) is 7.65. The van der Waals surface area contributed by atoms with Gasteiger partial charge in [0, 0.05) is 11.8 Å². The first-order chi connectivity index (χ1) is 12.8. The molecule has 2 amide bonds. The van der Waals surface area contributed by atoms with Crippen LogP contribution in [0.15, 0.2) is 24.3 Å². The van der Waals surface area contributed by atoms with Crippen molar-refractivity contribution in [1.29, 1.82) is 0 Å². The molecule has 1 aromatic carbocycles. The number of carbonyl (C=O) groups excluding carboxylic acids is 3. The van der Waals surface area contributed by atoms with Crippen molar-refractivity contribution < 1.29 is 23.9 Å². The minimum atomic E-state index is -0.702. The van der Waals surface area contributed by atoms with Gasteiger partial charge in [0.25, 0.3) is 0 Å². The Hall–Kier alpha value is -2.61. The Morgan fingerprint density at radius 3 is 2.41 bits per heavy atom. The molecule has 0 bridgehead atoms. The number of anilines is 1. The van der Waals surface area contributed by atoms with Crippen LogP contribution in [0, 0.1) is 5.92 Å². The van der Waals surface area contributed by atoms with Crippen molar-refractivity contribution in [2.24, 2.45) is 5.92 Å². The van der Waals surface area contributed by atoms with E-state index in [4.69, 9.17) is 9.47 Å². The zero-order valence-corrected chi connectivity index (χ0v) is 16.6. The van der Waals surface area contributed by atoms with E-state index in [1.807, 2.05) is 13.8 Å². The van der Waals surface area contributed by atoms with Gasteiger partial charge in [-0.1, -0.05) is 26.3 Å². The number of amides is 2. The molecule has 8 nitrogen and oxygen atoms in total. The molecule has 0 saturated heterocycles. The lowest BCUT2D eigenvalue weighted by Crippen LogP contribution is -2.49. The highest BCUT2D eigenvalue weighted by molar-refractivity contribution is 5.93. The monoisotopic (exact) mass is 379 g/mol. The summed E-state index contributed by atoms with van der Waals surface area (Å²) in [5.74, 6) is -0.494. The molecule has 0 aliphatic heterocycles. The zero-order chi connectivity index (χ0) is 20.4. The smallest absolute Gasteiger partial charge is 0.328 e. The number of carbonyl (C=O) groups is 3. The second-order valence-electron chi connectivity index (χ2n) is 6.41. The van der Waals surface area contributed by atoms with Crippen LogP contribution in [0.3, 0.4) is 0 Å². The van der Waals surface area contributed by atoms with E-state index in [-0.39, 0.29) is 30.8 Å². The molecule has 0 spiro atoms. The fraction of sp³-hybridized carbons (Fsp3) is 0.526. The zero-order valence-electron chi connectivity index (χ0n) is 16.6. The molecule has 0 radical (unpaired) electrons. The number of nitrogens with zero attached hydrogens (tertiary/aromatic N) is 1. The minimum Gasteiger partial charge on any atom is -0.497 e. The largest absolute Gasteiger partial charge is 0.497 e. The molecule has 27 heavy (non-hydrogen) atoms. The second kappa shape index (κ2) is 11.2. The van der Waals surface area contributed by atoms with Crippen molar-refractivity contribution >= 4 is 23.5 Å². The summed E-state index contributed by atoms with van der Waals surface area (Å²) in [6.45, 7) is 3.81. The van der Waals surface area contributed by atoms with Gasteiger partial charge in [-0.3, -0.25) is 14.5 Å². The number of rotatable bonds is 10. The molecule has 1 aromatic rings. The maximum atomic E-state index is 12.2. The highest BCUT2D eigenvalue weighted by Crippen LogP contribution is 2.16. The molecule has 2 atom stereocenters. The first-order valence-corrected chi connectivity index (χ1v) is 8.80. The van der Waals surface area contributed by atoms with E-state index in [0.29, 0.717) is 11.4 Å². The highest BCUT2D eigenvalue weighted by Gasteiger charge is 2.27. The van der Waals surface area contributed by atoms with E-state index < -0.39 is 12.0 Å². The molecule has 0 fully saturated rings. The summed E-state index contributed by atoms with van der Waals surface area (Å²) in [6, 6.07) is 6.30. The number of esters is 1. The number of ether oxygens (including phenoxy) is 2. The van der Waals surface area contributed by atoms with Crippen LogP contribution in [0.1, 0.15) is 20.3 Å². The van der Waals surface area contributed by atoms with Crippen LogP contribution in [0.25, 0.3) is 0 Å². The van der Waals surface area contributed by atoms with Gasteiger partial charge >= 0.3 is 5.97 Å². The number of hydrogen-bond acceptors (Lipinski definition) is 6. The lowest BCUT2D eigenvalue weighted by molar-refractivity contribution is -0.146. The number of benzene rings is 1. The average Bonchev–Trinajstić information content (AvgIpc) is 2.64. The Labute approximate surface area is 160 Å². The lowest BCUT2D eigenvalue weighted by atomic mass is 9.99. The molecule has 2 N–H and O–H groups in total. The van der Waals surface area contributed by atoms with E-state index in [2.05, 4.69) is 10.6 Å². The standard InChI is InChI=1S/C19H29N3O5/c1-6-13(2)18(19(25)27-5)21-17(24)12-22(3)11-16(23)20-14-8-7-9-15(10-14)26-4/h7-10,13,18H,6,11-12H2,1-5H3,(H,20,23)(H,21,24)/t13-,18+/m1/s1. The van der Waals surface area contributed by atoms with Crippen molar-refractivity contribution in [3.63, 3.8) is 0 Å². The molecule has 0 saturated carbocycles. The summed E-state index contributed by atoms with van der Waals surface area (Å²) in [7, 11) is 4.49. The molecule has 0 aromatic heterocycles. The van der Waals surface area contributed by atoms with Gasteiger partial charge in [0.1, 0.15) is 11.8 Å². The van der Waals surface area contributed by atoms with Crippen LogP contribution in [-0.2, 0) is 19.1 Å². The predicted octanol–water partition coefficient (Wildman–Crippen LogP) is 1.27. The lowest BCUT2D eigenvalue weighted by Gasteiger charge is -2.23. The normalized spacial score (nSPS) is 12.8. The molecular weight excluding hydrogens is 350 g/mol. The van der Waals surface area contributed by atoms with Gasteiger partial charge in [0.2, 0.25) is 11.8 Å². The summed E-state index contributed by atoms with van der Waals surface area (Å²) in [5, 5.41) is 5.43. The summed E-state index contributed by atoms with van der Waals surface area (Å²) in [5.41, 5.74) is 0.611. The Balaban J connectivity index is 2.54. The van der Waals surface area contributed by atoms with Crippen molar-refractivity contribution in [1.82, 2.24) is 10.2 Å². The highest BCUT2D eigenvalue weighted by atomic mass is 16.5. The van der Waals surface area contributed by atoms with Crippen LogP contribution in [0.5, 0.6) is 5.75 Å². The van der Waals surface area contributed by atoms with Crippen LogP contribution in [0.2, 0.25) is 0 Å². The van der Waals surface area contributed by atoms with Gasteiger partial charge in [0.05, 0.1) is 27.3 Å². The van der Waals surface area contributed by atoms with Crippen molar-refractivity contribution in [2.75, 3.05) is 39.7 Å².